The number of imide groups is 1. The van der Waals surface area contributed by atoms with Gasteiger partial charge in [-0.15, -0.1) is 0 Å². The molecule has 3 rings (SSSR count). The van der Waals surface area contributed by atoms with E-state index < -0.39 is 18.0 Å². The quantitative estimate of drug-likeness (QED) is 0.676. The number of quaternary nitrogens is 1. The van der Waals surface area contributed by atoms with Crippen molar-refractivity contribution in [1.82, 2.24) is 5.32 Å². The van der Waals surface area contributed by atoms with E-state index >= 15 is 0 Å². The number of hydrogen-bond donors (Lipinski definition) is 3. The van der Waals surface area contributed by atoms with Crippen molar-refractivity contribution in [3.05, 3.63) is 64.7 Å². The molecule has 1 aliphatic heterocycles. The minimum Gasteiger partial charge on any atom is -0.465 e. The highest BCUT2D eigenvalue weighted by Crippen LogP contribution is 2.16. The maximum absolute atomic E-state index is 12.5. The Morgan fingerprint density at radius 3 is 2.52 bits per heavy atom. The van der Waals surface area contributed by atoms with Gasteiger partial charge in [0.05, 0.1) is 7.11 Å². The number of ether oxygens (including phenoxy) is 1. The second-order valence-electron chi connectivity index (χ2n) is 7.38. The lowest BCUT2D eigenvalue weighted by atomic mass is 9.94. The Balaban J connectivity index is 1.65. The third-order valence-corrected chi connectivity index (χ3v) is 5.21. The summed E-state index contributed by atoms with van der Waals surface area (Å²) in [5.74, 6) is -0.808. The molecule has 0 aromatic heterocycles. The van der Waals surface area contributed by atoms with Gasteiger partial charge in [-0.05, 0) is 31.0 Å². The molecule has 1 aliphatic rings. The highest BCUT2D eigenvalue weighted by Gasteiger charge is 2.37. The molecule has 1 heterocycles. The van der Waals surface area contributed by atoms with Gasteiger partial charge >= 0.3 is 12.0 Å². The molecule has 0 saturated carbocycles. The Morgan fingerprint density at radius 1 is 1.10 bits per heavy atom. The van der Waals surface area contributed by atoms with E-state index in [-0.39, 0.29) is 12.5 Å². The van der Waals surface area contributed by atoms with E-state index in [4.69, 9.17) is 4.74 Å². The van der Waals surface area contributed by atoms with Gasteiger partial charge in [0.15, 0.2) is 12.6 Å². The Morgan fingerprint density at radius 2 is 1.83 bits per heavy atom. The third kappa shape index (κ3) is 5.00. The number of aryl methyl sites for hydroxylation is 2. The summed E-state index contributed by atoms with van der Waals surface area (Å²) < 4.78 is 4.93. The first-order valence-electron chi connectivity index (χ1n) is 9.54. The number of carbonyl (C=O) groups excluding carboxylic acids is 3. The highest BCUT2D eigenvalue weighted by atomic mass is 16.5. The van der Waals surface area contributed by atoms with Gasteiger partial charge in [-0.25, -0.2) is 9.59 Å². The first-order valence-corrected chi connectivity index (χ1v) is 9.54. The second-order valence-corrected chi connectivity index (χ2v) is 7.38. The first-order chi connectivity index (χ1) is 13.9. The number of fused-ring (bicyclic) bond motifs is 1. The zero-order chi connectivity index (χ0) is 21.0. The lowest BCUT2D eigenvalue weighted by molar-refractivity contribution is -0.924. The van der Waals surface area contributed by atoms with Gasteiger partial charge in [0.1, 0.15) is 6.54 Å². The van der Waals surface area contributed by atoms with Crippen LogP contribution in [0.2, 0.25) is 0 Å². The SMILES string of the molecule is COC(=O)[C@H]1Cc2ccccc2C[NH+]1CC(=O)NC(=O)Nc1ccc(C)cc1C. The zero-order valence-corrected chi connectivity index (χ0v) is 16.9. The molecular formula is C22H26N3O4+. The number of nitrogens with one attached hydrogen (secondary N) is 3. The monoisotopic (exact) mass is 396 g/mol. The molecule has 7 heteroatoms. The van der Waals surface area contributed by atoms with Crippen molar-refractivity contribution >= 4 is 23.6 Å². The fourth-order valence-corrected chi connectivity index (χ4v) is 3.72. The normalized spacial score (nSPS) is 17.8. The van der Waals surface area contributed by atoms with Gasteiger partial charge < -0.3 is 15.0 Å². The predicted molar refractivity (Wildman–Crippen MR) is 109 cm³/mol. The topological polar surface area (TPSA) is 88.9 Å². The largest absolute Gasteiger partial charge is 0.465 e. The predicted octanol–water partition coefficient (Wildman–Crippen LogP) is 1.13. The van der Waals surface area contributed by atoms with Crippen molar-refractivity contribution < 1.29 is 24.0 Å². The highest BCUT2D eigenvalue weighted by molar-refractivity contribution is 6.01. The molecule has 1 unspecified atom stereocenters. The van der Waals surface area contributed by atoms with Gasteiger partial charge in [0, 0.05) is 17.7 Å². The minimum atomic E-state index is -0.589. The van der Waals surface area contributed by atoms with E-state index in [1.807, 2.05) is 50.2 Å². The van der Waals surface area contributed by atoms with Crippen molar-refractivity contribution in [3.8, 4) is 0 Å². The maximum Gasteiger partial charge on any atom is 0.365 e. The van der Waals surface area contributed by atoms with Crippen LogP contribution in [-0.2, 0) is 27.3 Å². The third-order valence-electron chi connectivity index (χ3n) is 5.21. The smallest absolute Gasteiger partial charge is 0.365 e. The van der Waals surface area contributed by atoms with Crippen LogP contribution in [0.1, 0.15) is 22.3 Å². The Kier molecular flexibility index (Phi) is 6.29. The summed E-state index contributed by atoms with van der Waals surface area (Å²) >= 11 is 0. The lowest BCUT2D eigenvalue weighted by Gasteiger charge is -2.31. The molecule has 0 fully saturated rings. The molecule has 3 amide bonds. The van der Waals surface area contributed by atoms with Crippen molar-refractivity contribution in [3.63, 3.8) is 0 Å². The van der Waals surface area contributed by atoms with E-state index in [1.165, 1.54) is 7.11 Å². The summed E-state index contributed by atoms with van der Waals surface area (Å²) in [4.78, 5) is 37.7. The molecule has 2 aromatic rings. The van der Waals surface area contributed by atoms with Crippen LogP contribution in [0.5, 0.6) is 0 Å². The fourth-order valence-electron chi connectivity index (χ4n) is 3.72. The van der Waals surface area contributed by atoms with Gasteiger partial charge in [-0.2, -0.15) is 0 Å². The Hall–Kier alpha value is -3.19. The fraction of sp³-hybridized carbons (Fsp3) is 0.318. The molecule has 0 saturated heterocycles. The van der Waals surface area contributed by atoms with Crippen LogP contribution in [0.4, 0.5) is 10.5 Å². The molecule has 3 N–H and O–H groups in total. The van der Waals surface area contributed by atoms with Gasteiger partial charge in [0.25, 0.3) is 5.91 Å². The number of amides is 3. The lowest BCUT2D eigenvalue weighted by Crippen LogP contribution is -3.17. The zero-order valence-electron chi connectivity index (χ0n) is 16.9. The standard InChI is InChI=1S/C22H25N3O4/c1-14-8-9-18(15(2)10-14)23-22(28)24-20(26)13-25-12-17-7-5-4-6-16(17)11-19(25)21(27)29-3/h4-10,19H,11-13H2,1-3H3,(H2,23,24,26,28)/p+1/t19-/m1/s1. The minimum absolute atomic E-state index is 0.00555. The van der Waals surface area contributed by atoms with Crippen LogP contribution in [-0.4, -0.2) is 37.6 Å². The summed E-state index contributed by atoms with van der Waals surface area (Å²) in [6.07, 6.45) is 0.500. The van der Waals surface area contributed by atoms with Crippen LogP contribution in [0, 0.1) is 13.8 Å². The summed E-state index contributed by atoms with van der Waals surface area (Å²) in [6, 6.07) is 12.4. The van der Waals surface area contributed by atoms with Crippen LogP contribution >= 0.6 is 0 Å². The Labute approximate surface area is 170 Å². The van der Waals surface area contributed by atoms with E-state index in [9.17, 15) is 14.4 Å². The average molecular weight is 396 g/mol. The van der Waals surface area contributed by atoms with Crippen LogP contribution in [0.15, 0.2) is 42.5 Å². The van der Waals surface area contributed by atoms with E-state index in [0.717, 1.165) is 27.2 Å². The number of hydrogen-bond acceptors (Lipinski definition) is 4. The summed E-state index contributed by atoms with van der Waals surface area (Å²) in [7, 11) is 1.35. The van der Waals surface area contributed by atoms with Crippen molar-refractivity contribution in [1.29, 1.82) is 0 Å². The van der Waals surface area contributed by atoms with Gasteiger partial charge in [0.2, 0.25) is 0 Å². The molecule has 0 radical (unpaired) electrons. The number of anilines is 1. The molecular weight excluding hydrogens is 370 g/mol. The maximum atomic E-state index is 12.5. The van der Waals surface area contributed by atoms with Crippen LogP contribution in [0.25, 0.3) is 0 Å². The van der Waals surface area contributed by atoms with Crippen molar-refractivity contribution in [2.45, 2.75) is 32.9 Å². The number of rotatable bonds is 4. The molecule has 0 aliphatic carbocycles. The van der Waals surface area contributed by atoms with Gasteiger partial charge in [-0.3, -0.25) is 10.1 Å². The number of benzene rings is 2. The summed E-state index contributed by atoms with van der Waals surface area (Å²) in [5.41, 5.74) is 4.83. The molecule has 0 bridgehead atoms. The number of urea groups is 1. The molecule has 2 atom stereocenters. The molecule has 2 aromatic carbocycles. The molecule has 0 spiro atoms. The summed E-state index contributed by atoms with van der Waals surface area (Å²) in [6.45, 7) is 4.37. The van der Waals surface area contributed by atoms with E-state index in [1.54, 1.807) is 6.07 Å². The Bertz CT molecular complexity index is 941. The molecule has 152 valence electrons. The second kappa shape index (κ2) is 8.87. The van der Waals surface area contributed by atoms with Gasteiger partial charge in [-0.1, -0.05) is 42.0 Å². The van der Waals surface area contributed by atoms with E-state index in [2.05, 4.69) is 10.6 Å². The first kappa shape index (κ1) is 20.5. The average Bonchev–Trinajstić information content (AvgIpc) is 2.69. The number of carbonyl (C=O) groups is 3. The molecule has 7 nitrogen and oxygen atoms in total. The summed E-state index contributed by atoms with van der Waals surface area (Å²) in [5, 5.41) is 5.05. The number of methoxy groups -OCH3 is 1. The van der Waals surface area contributed by atoms with Crippen LogP contribution in [0.3, 0.4) is 0 Å². The van der Waals surface area contributed by atoms with Crippen LogP contribution < -0.4 is 15.5 Å². The van der Waals surface area contributed by atoms with Crippen molar-refractivity contribution in [2.24, 2.45) is 0 Å². The van der Waals surface area contributed by atoms with Crippen molar-refractivity contribution in [2.75, 3.05) is 19.0 Å². The molecule has 29 heavy (non-hydrogen) atoms. The van der Waals surface area contributed by atoms with E-state index in [0.29, 0.717) is 18.7 Å². The number of esters is 1.